The summed E-state index contributed by atoms with van der Waals surface area (Å²) in [5, 5.41) is 0. The van der Waals surface area contributed by atoms with Crippen molar-refractivity contribution in [3.05, 3.63) is 28.4 Å². The normalized spacial score (nSPS) is 9.91. The van der Waals surface area contributed by atoms with Crippen LogP contribution in [0.25, 0.3) is 0 Å². The molecule has 0 spiro atoms. The van der Waals surface area contributed by atoms with Gasteiger partial charge in [0.2, 0.25) is 0 Å². The highest BCUT2D eigenvalue weighted by Gasteiger charge is 1.92. The monoisotopic (exact) mass is 170 g/mol. The average Bonchev–Trinajstić information content (AvgIpc) is 2.01. The summed E-state index contributed by atoms with van der Waals surface area (Å²) in [6.07, 6.45) is 1.53. The molecular weight excluding hydrogens is 160 g/mol. The molecule has 0 aliphatic carbocycles. The van der Waals surface area contributed by atoms with Crippen molar-refractivity contribution in [1.82, 2.24) is 9.97 Å². The molecule has 0 radical (unpaired) electrons. The maximum absolute atomic E-state index is 10.7. The van der Waals surface area contributed by atoms with Crippen LogP contribution in [0, 0.1) is 0 Å². The first-order valence-electron chi connectivity index (χ1n) is 3.45. The van der Waals surface area contributed by atoms with Gasteiger partial charge in [0.05, 0.1) is 5.75 Å². The van der Waals surface area contributed by atoms with E-state index in [-0.39, 0.29) is 5.56 Å². The Morgan fingerprint density at radius 1 is 1.73 bits per heavy atom. The predicted octanol–water partition coefficient (Wildman–Crippen LogP) is 1.02. The Bertz CT molecular complexity index is 271. The second-order valence-electron chi connectivity index (χ2n) is 2.02. The summed E-state index contributed by atoms with van der Waals surface area (Å²) in [6, 6.07) is 1.42. The van der Waals surface area contributed by atoms with Crippen LogP contribution in [0.5, 0.6) is 0 Å². The van der Waals surface area contributed by atoms with Gasteiger partial charge in [0, 0.05) is 12.3 Å². The van der Waals surface area contributed by atoms with E-state index in [1.54, 1.807) is 11.8 Å². The van der Waals surface area contributed by atoms with Crippen molar-refractivity contribution in [3.63, 3.8) is 0 Å². The van der Waals surface area contributed by atoms with Gasteiger partial charge in [0.25, 0.3) is 5.56 Å². The third-order valence-corrected chi connectivity index (χ3v) is 2.05. The van der Waals surface area contributed by atoms with Crippen LogP contribution >= 0.6 is 11.8 Å². The summed E-state index contributed by atoms with van der Waals surface area (Å²) in [7, 11) is 0. The first-order chi connectivity index (χ1) is 5.33. The zero-order valence-corrected chi connectivity index (χ0v) is 7.15. The topological polar surface area (TPSA) is 45.8 Å². The van der Waals surface area contributed by atoms with E-state index in [2.05, 4.69) is 16.9 Å². The lowest BCUT2D eigenvalue weighted by Crippen LogP contribution is -2.07. The van der Waals surface area contributed by atoms with Gasteiger partial charge in [-0.1, -0.05) is 6.92 Å². The number of aromatic nitrogens is 2. The zero-order valence-electron chi connectivity index (χ0n) is 6.33. The van der Waals surface area contributed by atoms with Crippen LogP contribution in [-0.2, 0) is 5.75 Å². The highest BCUT2D eigenvalue weighted by Crippen LogP contribution is 2.04. The molecule has 4 heteroatoms. The maximum atomic E-state index is 10.7. The first kappa shape index (κ1) is 8.33. The van der Waals surface area contributed by atoms with Crippen LogP contribution in [0.1, 0.15) is 12.7 Å². The van der Waals surface area contributed by atoms with E-state index in [4.69, 9.17) is 0 Å². The summed E-state index contributed by atoms with van der Waals surface area (Å²) in [6.45, 7) is 2.08. The van der Waals surface area contributed by atoms with Crippen molar-refractivity contribution in [2.24, 2.45) is 0 Å². The molecule has 1 aromatic heterocycles. The van der Waals surface area contributed by atoms with Gasteiger partial charge in [-0.25, -0.2) is 4.98 Å². The van der Waals surface area contributed by atoms with Gasteiger partial charge in [-0.3, -0.25) is 4.79 Å². The van der Waals surface area contributed by atoms with Gasteiger partial charge in [-0.2, -0.15) is 11.8 Å². The molecule has 1 rings (SSSR count). The van der Waals surface area contributed by atoms with Gasteiger partial charge in [-0.15, -0.1) is 0 Å². The number of thioether (sulfide) groups is 1. The molecule has 0 saturated carbocycles. The van der Waals surface area contributed by atoms with E-state index < -0.39 is 0 Å². The molecule has 1 N–H and O–H groups in total. The summed E-state index contributed by atoms with van der Waals surface area (Å²) in [5.41, 5.74) is -0.0771. The van der Waals surface area contributed by atoms with Crippen molar-refractivity contribution in [2.45, 2.75) is 12.7 Å². The van der Waals surface area contributed by atoms with Crippen LogP contribution < -0.4 is 5.56 Å². The second kappa shape index (κ2) is 4.18. The van der Waals surface area contributed by atoms with Crippen molar-refractivity contribution < 1.29 is 0 Å². The smallest absolute Gasteiger partial charge is 0.250 e. The third-order valence-electron chi connectivity index (χ3n) is 1.17. The minimum absolute atomic E-state index is 0.0771. The average molecular weight is 170 g/mol. The lowest BCUT2D eigenvalue weighted by molar-refractivity contribution is 1.00. The molecule has 0 aromatic carbocycles. The number of nitrogens with one attached hydrogen (secondary N) is 1. The SMILES string of the molecule is CCSCc1nccc(=O)[nH]1. The molecule has 0 aliphatic heterocycles. The predicted molar refractivity (Wildman–Crippen MR) is 46.7 cm³/mol. The lowest BCUT2D eigenvalue weighted by atomic mass is 10.6. The van der Waals surface area contributed by atoms with Crippen molar-refractivity contribution in [1.29, 1.82) is 0 Å². The Morgan fingerprint density at radius 2 is 2.55 bits per heavy atom. The number of aromatic amines is 1. The van der Waals surface area contributed by atoms with Gasteiger partial charge in [0.1, 0.15) is 5.82 Å². The summed E-state index contributed by atoms with van der Waals surface area (Å²) < 4.78 is 0. The fraction of sp³-hybridized carbons (Fsp3) is 0.429. The second-order valence-corrected chi connectivity index (χ2v) is 3.29. The molecule has 1 aromatic rings. The van der Waals surface area contributed by atoms with Crippen LogP contribution in [0.15, 0.2) is 17.1 Å². The number of hydrogen-bond donors (Lipinski definition) is 1. The molecule has 1 heterocycles. The number of H-pyrrole nitrogens is 1. The van der Waals surface area contributed by atoms with E-state index in [1.807, 2.05) is 0 Å². The standard InChI is InChI=1S/C7H10N2OS/c1-2-11-5-6-8-4-3-7(10)9-6/h3-4H,2,5H2,1H3,(H,8,9,10). The van der Waals surface area contributed by atoms with Gasteiger partial charge in [0.15, 0.2) is 0 Å². The molecule has 0 amide bonds. The van der Waals surface area contributed by atoms with E-state index in [0.29, 0.717) is 0 Å². The summed E-state index contributed by atoms with van der Waals surface area (Å²) >= 11 is 1.74. The fourth-order valence-electron chi connectivity index (χ4n) is 0.683. The Hall–Kier alpha value is -0.770. The van der Waals surface area contributed by atoms with Gasteiger partial charge >= 0.3 is 0 Å². The summed E-state index contributed by atoms with van der Waals surface area (Å²) in [4.78, 5) is 17.4. The third kappa shape index (κ3) is 2.76. The fourth-order valence-corrected chi connectivity index (χ4v) is 1.23. The molecule has 3 nitrogen and oxygen atoms in total. The van der Waals surface area contributed by atoms with E-state index in [0.717, 1.165) is 17.3 Å². The quantitative estimate of drug-likeness (QED) is 0.736. The largest absolute Gasteiger partial charge is 0.310 e. The summed E-state index contributed by atoms with van der Waals surface area (Å²) in [5.74, 6) is 2.58. The number of rotatable bonds is 3. The minimum Gasteiger partial charge on any atom is -0.310 e. The molecule has 0 atom stereocenters. The Labute approximate surface area is 69.3 Å². The van der Waals surface area contributed by atoms with E-state index in [9.17, 15) is 4.79 Å². The maximum Gasteiger partial charge on any atom is 0.250 e. The Kier molecular flexibility index (Phi) is 3.16. The van der Waals surface area contributed by atoms with Crippen LogP contribution in [0.4, 0.5) is 0 Å². The number of nitrogens with zero attached hydrogens (tertiary/aromatic N) is 1. The van der Waals surface area contributed by atoms with Crippen LogP contribution in [0.3, 0.4) is 0 Å². The Morgan fingerprint density at radius 3 is 3.18 bits per heavy atom. The molecule has 0 bridgehead atoms. The molecule has 11 heavy (non-hydrogen) atoms. The van der Waals surface area contributed by atoms with Crippen LogP contribution in [-0.4, -0.2) is 15.7 Å². The van der Waals surface area contributed by atoms with Gasteiger partial charge in [-0.05, 0) is 5.75 Å². The first-order valence-corrected chi connectivity index (χ1v) is 4.60. The highest BCUT2D eigenvalue weighted by molar-refractivity contribution is 7.98. The molecule has 0 unspecified atom stereocenters. The highest BCUT2D eigenvalue weighted by atomic mass is 32.2. The van der Waals surface area contributed by atoms with Crippen molar-refractivity contribution >= 4 is 11.8 Å². The molecular formula is C7H10N2OS. The molecule has 0 aliphatic rings. The molecule has 0 saturated heterocycles. The zero-order chi connectivity index (χ0) is 8.10. The molecule has 60 valence electrons. The number of hydrogen-bond acceptors (Lipinski definition) is 3. The van der Waals surface area contributed by atoms with Crippen molar-refractivity contribution in [2.75, 3.05) is 5.75 Å². The van der Waals surface area contributed by atoms with Crippen molar-refractivity contribution in [3.8, 4) is 0 Å². The molecule has 0 fully saturated rings. The van der Waals surface area contributed by atoms with Gasteiger partial charge < -0.3 is 4.98 Å². The van der Waals surface area contributed by atoms with Crippen LogP contribution in [0.2, 0.25) is 0 Å². The minimum atomic E-state index is -0.0771. The Balaban J connectivity index is 2.64. The lowest BCUT2D eigenvalue weighted by Gasteiger charge is -1.95. The van der Waals surface area contributed by atoms with E-state index in [1.165, 1.54) is 12.3 Å². The van der Waals surface area contributed by atoms with E-state index >= 15 is 0 Å².